The molecule has 2 aromatic carbocycles. The van der Waals surface area contributed by atoms with E-state index in [1.807, 2.05) is 0 Å². The predicted molar refractivity (Wildman–Crippen MR) is 112 cm³/mol. The third-order valence-electron chi connectivity index (χ3n) is 4.26. The number of hydrogen-bond acceptors (Lipinski definition) is 7. The standard InChI is InChI=1S/C19H16ClN5O6/c1-3-23-18(17(10-21-23)25(29)30)19(26)22-12-7-13(24(27)28)9-15(8-12)31-14-4-5-16(20)11(2)6-14/h4-10H,3H2,1-2H3,(H,22,26). The Morgan fingerprint density at radius 1 is 1.16 bits per heavy atom. The summed E-state index contributed by atoms with van der Waals surface area (Å²) < 4.78 is 6.85. The van der Waals surface area contributed by atoms with E-state index < -0.39 is 21.4 Å². The van der Waals surface area contributed by atoms with Crippen LogP contribution in [0.4, 0.5) is 17.1 Å². The van der Waals surface area contributed by atoms with E-state index in [0.717, 1.165) is 17.8 Å². The Labute approximate surface area is 180 Å². The molecule has 3 rings (SSSR count). The van der Waals surface area contributed by atoms with E-state index in [1.54, 1.807) is 32.0 Å². The molecule has 0 fully saturated rings. The number of nitrogens with one attached hydrogen (secondary N) is 1. The van der Waals surface area contributed by atoms with Crippen molar-refractivity contribution in [3.05, 3.63) is 79.1 Å². The fourth-order valence-corrected chi connectivity index (χ4v) is 2.93. The molecule has 0 spiro atoms. The fraction of sp³-hybridized carbons (Fsp3) is 0.158. The number of non-ortho nitro benzene ring substituents is 1. The number of amides is 1. The molecule has 0 aliphatic heterocycles. The van der Waals surface area contributed by atoms with Gasteiger partial charge in [0.15, 0.2) is 0 Å². The Morgan fingerprint density at radius 2 is 1.90 bits per heavy atom. The molecule has 31 heavy (non-hydrogen) atoms. The molecule has 1 aromatic heterocycles. The Kier molecular flexibility index (Phi) is 6.16. The Bertz CT molecular complexity index is 1190. The highest BCUT2D eigenvalue weighted by atomic mass is 35.5. The van der Waals surface area contributed by atoms with Crippen LogP contribution in [0.1, 0.15) is 23.0 Å². The number of aromatic nitrogens is 2. The van der Waals surface area contributed by atoms with Crippen molar-refractivity contribution in [2.75, 3.05) is 5.32 Å². The van der Waals surface area contributed by atoms with Gasteiger partial charge in [0.1, 0.15) is 17.7 Å². The van der Waals surface area contributed by atoms with Crippen LogP contribution in [0, 0.1) is 27.2 Å². The van der Waals surface area contributed by atoms with Crippen molar-refractivity contribution in [1.82, 2.24) is 9.78 Å². The van der Waals surface area contributed by atoms with Gasteiger partial charge in [0, 0.05) is 23.7 Å². The Balaban J connectivity index is 1.95. The van der Waals surface area contributed by atoms with Gasteiger partial charge in [0.05, 0.1) is 21.6 Å². The van der Waals surface area contributed by atoms with Gasteiger partial charge in [-0.1, -0.05) is 11.6 Å². The minimum atomic E-state index is -0.833. The first kappa shape index (κ1) is 21.7. The lowest BCUT2D eigenvalue weighted by atomic mass is 10.2. The monoisotopic (exact) mass is 445 g/mol. The average Bonchev–Trinajstić information content (AvgIpc) is 3.15. The molecule has 1 amide bonds. The van der Waals surface area contributed by atoms with Gasteiger partial charge in [-0.25, -0.2) is 0 Å². The number of nitrogens with zero attached hydrogens (tertiary/aromatic N) is 4. The number of carbonyl (C=O) groups excluding carboxylic acids is 1. The first-order valence-corrected chi connectivity index (χ1v) is 9.32. The maximum absolute atomic E-state index is 12.7. The third kappa shape index (κ3) is 4.78. The van der Waals surface area contributed by atoms with Crippen LogP contribution < -0.4 is 10.1 Å². The smallest absolute Gasteiger partial charge is 0.320 e. The molecule has 11 nitrogen and oxygen atoms in total. The lowest BCUT2D eigenvalue weighted by molar-refractivity contribution is -0.385. The van der Waals surface area contributed by atoms with E-state index in [2.05, 4.69) is 10.4 Å². The predicted octanol–water partition coefficient (Wildman–Crippen LogP) is 4.73. The van der Waals surface area contributed by atoms with Gasteiger partial charge in [-0.2, -0.15) is 5.10 Å². The SMILES string of the molecule is CCn1ncc([N+](=O)[O-])c1C(=O)Nc1cc(Oc2ccc(Cl)c(C)c2)cc([N+](=O)[O-])c1. The van der Waals surface area contributed by atoms with Gasteiger partial charge < -0.3 is 10.1 Å². The maximum Gasteiger partial charge on any atom is 0.320 e. The van der Waals surface area contributed by atoms with E-state index in [4.69, 9.17) is 16.3 Å². The zero-order chi connectivity index (χ0) is 22.7. The number of ether oxygens (including phenoxy) is 1. The van der Waals surface area contributed by atoms with Gasteiger partial charge >= 0.3 is 5.69 Å². The molecule has 0 saturated heterocycles. The van der Waals surface area contributed by atoms with Crippen LogP contribution >= 0.6 is 11.6 Å². The van der Waals surface area contributed by atoms with E-state index in [9.17, 15) is 25.0 Å². The molecule has 0 unspecified atom stereocenters. The summed E-state index contributed by atoms with van der Waals surface area (Å²) >= 11 is 5.99. The van der Waals surface area contributed by atoms with Crippen molar-refractivity contribution in [2.45, 2.75) is 20.4 Å². The van der Waals surface area contributed by atoms with Crippen molar-refractivity contribution in [3.8, 4) is 11.5 Å². The molecule has 3 aromatic rings. The normalized spacial score (nSPS) is 10.5. The van der Waals surface area contributed by atoms with E-state index in [0.29, 0.717) is 10.8 Å². The molecule has 12 heteroatoms. The van der Waals surface area contributed by atoms with Crippen LogP contribution in [0.15, 0.2) is 42.6 Å². The molecule has 0 atom stereocenters. The number of benzene rings is 2. The lowest BCUT2D eigenvalue weighted by Crippen LogP contribution is -2.18. The van der Waals surface area contributed by atoms with Gasteiger partial charge in [-0.15, -0.1) is 0 Å². The van der Waals surface area contributed by atoms with Crippen LogP contribution in [0.5, 0.6) is 11.5 Å². The minimum absolute atomic E-state index is 0.0260. The van der Waals surface area contributed by atoms with Gasteiger partial charge in [0.25, 0.3) is 11.6 Å². The molecule has 1 N–H and O–H groups in total. The van der Waals surface area contributed by atoms with Crippen molar-refractivity contribution >= 4 is 34.6 Å². The van der Waals surface area contributed by atoms with Crippen LogP contribution in [0.25, 0.3) is 0 Å². The molecule has 160 valence electrons. The summed E-state index contributed by atoms with van der Waals surface area (Å²) in [5, 5.41) is 29.4. The lowest BCUT2D eigenvalue weighted by Gasteiger charge is -2.11. The number of hydrogen-bond donors (Lipinski definition) is 1. The molecule has 1 heterocycles. The second kappa shape index (κ2) is 8.79. The highest BCUT2D eigenvalue weighted by molar-refractivity contribution is 6.31. The summed E-state index contributed by atoms with van der Waals surface area (Å²) in [5.74, 6) is -0.357. The van der Waals surface area contributed by atoms with E-state index in [1.165, 1.54) is 16.8 Å². The zero-order valence-corrected chi connectivity index (χ0v) is 17.1. The number of halogens is 1. The third-order valence-corrected chi connectivity index (χ3v) is 4.68. The Hall–Kier alpha value is -3.99. The first-order chi connectivity index (χ1) is 14.7. The molecular formula is C19H16ClN5O6. The first-order valence-electron chi connectivity index (χ1n) is 8.94. The van der Waals surface area contributed by atoms with Gasteiger partial charge in [-0.3, -0.25) is 29.7 Å². The summed E-state index contributed by atoms with van der Waals surface area (Å²) in [5.41, 5.74) is -0.305. The number of nitro groups is 2. The highest BCUT2D eigenvalue weighted by Crippen LogP contribution is 2.32. The summed E-state index contributed by atoms with van der Waals surface area (Å²) in [6, 6.07) is 8.55. The van der Waals surface area contributed by atoms with E-state index in [-0.39, 0.29) is 29.4 Å². The van der Waals surface area contributed by atoms with Crippen LogP contribution in [0.3, 0.4) is 0 Å². The summed E-state index contributed by atoms with van der Waals surface area (Å²) in [6.45, 7) is 3.66. The average molecular weight is 446 g/mol. The zero-order valence-electron chi connectivity index (χ0n) is 16.4. The second-order valence-corrected chi connectivity index (χ2v) is 6.80. The van der Waals surface area contributed by atoms with Crippen molar-refractivity contribution in [1.29, 1.82) is 0 Å². The number of anilines is 1. The van der Waals surface area contributed by atoms with E-state index >= 15 is 0 Å². The molecule has 0 bridgehead atoms. The molecule has 0 aliphatic carbocycles. The van der Waals surface area contributed by atoms with Gasteiger partial charge in [-0.05, 0) is 37.6 Å². The Morgan fingerprint density at radius 3 is 2.52 bits per heavy atom. The largest absolute Gasteiger partial charge is 0.457 e. The fourth-order valence-electron chi connectivity index (χ4n) is 2.81. The molecular weight excluding hydrogens is 430 g/mol. The number of carbonyl (C=O) groups is 1. The number of nitro benzene ring substituents is 1. The molecule has 0 radical (unpaired) electrons. The van der Waals surface area contributed by atoms with Crippen molar-refractivity contribution < 1.29 is 19.4 Å². The van der Waals surface area contributed by atoms with Crippen molar-refractivity contribution in [2.24, 2.45) is 0 Å². The van der Waals surface area contributed by atoms with Crippen LogP contribution in [-0.2, 0) is 6.54 Å². The summed E-state index contributed by atoms with van der Waals surface area (Å²) in [6.07, 6.45) is 0.975. The van der Waals surface area contributed by atoms with Crippen LogP contribution in [0.2, 0.25) is 5.02 Å². The van der Waals surface area contributed by atoms with Crippen molar-refractivity contribution in [3.63, 3.8) is 0 Å². The second-order valence-electron chi connectivity index (χ2n) is 6.39. The number of aryl methyl sites for hydroxylation is 2. The quantitative estimate of drug-likeness (QED) is 0.409. The topological polar surface area (TPSA) is 142 Å². The molecule has 0 saturated carbocycles. The number of rotatable bonds is 7. The summed E-state index contributed by atoms with van der Waals surface area (Å²) in [4.78, 5) is 33.9. The summed E-state index contributed by atoms with van der Waals surface area (Å²) in [7, 11) is 0. The molecule has 0 aliphatic rings. The van der Waals surface area contributed by atoms with Gasteiger partial charge in [0.2, 0.25) is 5.69 Å². The maximum atomic E-state index is 12.7. The van der Waals surface area contributed by atoms with Crippen LogP contribution in [-0.4, -0.2) is 25.5 Å². The highest BCUT2D eigenvalue weighted by Gasteiger charge is 2.27. The minimum Gasteiger partial charge on any atom is -0.457 e.